The Bertz CT molecular complexity index is 790. The Morgan fingerprint density at radius 1 is 1.45 bits per heavy atom. The smallest absolute Gasteiger partial charge is 0.289 e. The van der Waals surface area contributed by atoms with Crippen molar-refractivity contribution in [1.82, 2.24) is 14.3 Å². The maximum absolute atomic E-state index is 12.3. The van der Waals surface area contributed by atoms with Gasteiger partial charge in [-0.1, -0.05) is 11.6 Å². The zero-order valence-corrected chi connectivity index (χ0v) is 13.1. The second-order valence-electron chi connectivity index (χ2n) is 4.55. The minimum atomic E-state index is -3.94. The molecule has 0 radical (unpaired) electrons. The third-order valence-electron chi connectivity index (χ3n) is 2.87. The molecule has 1 heterocycles. The topological polar surface area (TPSA) is 107 Å². The maximum atomic E-state index is 12.3. The number of benzene rings is 1. The highest BCUT2D eigenvalue weighted by molar-refractivity contribution is 7.89. The van der Waals surface area contributed by atoms with E-state index in [1.54, 1.807) is 30.2 Å². The van der Waals surface area contributed by atoms with Crippen molar-refractivity contribution in [2.45, 2.75) is 18.4 Å². The van der Waals surface area contributed by atoms with Crippen LogP contribution >= 0.6 is 11.6 Å². The van der Waals surface area contributed by atoms with E-state index in [9.17, 15) is 18.5 Å². The second kappa shape index (κ2) is 6.42. The number of nitrogens with zero attached hydrogens (tertiary/aromatic N) is 3. The van der Waals surface area contributed by atoms with Gasteiger partial charge in [-0.2, -0.15) is 0 Å². The van der Waals surface area contributed by atoms with E-state index in [0.29, 0.717) is 12.1 Å². The van der Waals surface area contributed by atoms with Gasteiger partial charge in [-0.05, 0) is 18.6 Å². The fourth-order valence-corrected chi connectivity index (χ4v) is 3.53. The van der Waals surface area contributed by atoms with Crippen LogP contribution in [0.2, 0.25) is 5.02 Å². The monoisotopic (exact) mass is 344 g/mol. The average Bonchev–Trinajstić information content (AvgIpc) is 2.93. The van der Waals surface area contributed by atoms with Crippen LogP contribution in [0.4, 0.5) is 5.69 Å². The Kier molecular flexibility index (Phi) is 4.79. The summed E-state index contributed by atoms with van der Waals surface area (Å²) in [5.41, 5.74) is 0.00253. The van der Waals surface area contributed by atoms with Crippen molar-refractivity contribution in [2.75, 3.05) is 6.54 Å². The summed E-state index contributed by atoms with van der Waals surface area (Å²) in [7, 11) is -3.94. The molecule has 0 aliphatic carbocycles. The number of aromatic nitrogens is 2. The van der Waals surface area contributed by atoms with E-state index in [2.05, 4.69) is 9.71 Å². The molecule has 0 fully saturated rings. The van der Waals surface area contributed by atoms with Gasteiger partial charge in [-0.25, -0.2) is 18.1 Å². The largest absolute Gasteiger partial charge is 0.336 e. The van der Waals surface area contributed by atoms with Gasteiger partial charge < -0.3 is 4.57 Å². The van der Waals surface area contributed by atoms with E-state index in [1.165, 1.54) is 12.1 Å². The molecule has 0 bridgehead atoms. The number of halogens is 1. The fraction of sp³-hybridized carbons (Fsp3) is 0.250. The fourth-order valence-electron chi connectivity index (χ4n) is 1.85. The van der Waals surface area contributed by atoms with Crippen molar-refractivity contribution in [2.24, 2.45) is 0 Å². The van der Waals surface area contributed by atoms with Crippen LogP contribution in [0.1, 0.15) is 5.56 Å². The second-order valence-corrected chi connectivity index (χ2v) is 6.66. The summed E-state index contributed by atoms with van der Waals surface area (Å²) in [5.74, 6) is 0. The van der Waals surface area contributed by atoms with Gasteiger partial charge in [0.15, 0.2) is 0 Å². The zero-order valence-electron chi connectivity index (χ0n) is 11.6. The summed E-state index contributed by atoms with van der Waals surface area (Å²) in [6.07, 6.45) is 4.83. The Balaban J connectivity index is 2.23. The molecule has 1 aromatic carbocycles. The first-order valence-electron chi connectivity index (χ1n) is 6.21. The Labute approximate surface area is 131 Å². The third kappa shape index (κ3) is 3.62. The molecule has 2 rings (SSSR count). The summed E-state index contributed by atoms with van der Waals surface area (Å²) >= 11 is 5.86. The number of hydrogen-bond acceptors (Lipinski definition) is 5. The molecule has 0 aliphatic rings. The number of sulfonamides is 1. The summed E-state index contributed by atoms with van der Waals surface area (Å²) in [6, 6.07) is 2.53. The Morgan fingerprint density at radius 3 is 2.77 bits per heavy atom. The highest BCUT2D eigenvalue weighted by atomic mass is 35.5. The lowest BCUT2D eigenvalue weighted by Gasteiger charge is -2.10. The predicted molar refractivity (Wildman–Crippen MR) is 80.3 cm³/mol. The lowest BCUT2D eigenvalue weighted by Crippen LogP contribution is -2.27. The van der Waals surface area contributed by atoms with E-state index in [4.69, 9.17) is 11.6 Å². The van der Waals surface area contributed by atoms with Gasteiger partial charge in [0.2, 0.25) is 10.0 Å². The highest BCUT2D eigenvalue weighted by Gasteiger charge is 2.25. The van der Waals surface area contributed by atoms with Crippen LogP contribution < -0.4 is 4.72 Å². The minimum Gasteiger partial charge on any atom is -0.336 e. The van der Waals surface area contributed by atoms with Crippen LogP contribution in [-0.2, 0) is 16.6 Å². The Hall–Kier alpha value is -1.97. The van der Waals surface area contributed by atoms with Crippen LogP contribution in [0.3, 0.4) is 0 Å². The summed E-state index contributed by atoms with van der Waals surface area (Å²) in [6.45, 7) is 2.05. The van der Waals surface area contributed by atoms with Crippen LogP contribution in [-0.4, -0.2) is 29.4 Å². The molecule has 0 saturated heterocycles. The molecule has 0 amide bonds. The SMILES string of the molecule is Cc1cc([N+](=O)[O-])c(Cl)c(S(=O)(=O)NCCn2ccnc2)c1. The number of rotatable bonds is 6. The van der Waals surface area contributed by atoms with Gasteiger partial charge in [0.1, 0.15) is 9.92 Å². The number of nitrogens with one attached hydrogen (secondary N) is 1. The van der Waals surface area contributed by atoms with Crippen molar-refractivity contribution in [3.63, 3.8) is 0 Å². The van der Waals surface area contributed by atoms with Crippen LogP contribution in [0.25, 0.3) is 0 Å². The maximum Gasteiger partial charge on any atom is 0.289 e. The summed E-state index contributed by atoms with van der Waals surface area (Å²) in [4.78, 5) is 13.8. The standard InChI is InChI=1S/C12H13ClN4O4S/c1-9-6-10(17(18)19)12(13)11(7-9)22(20,21)15-3-5-16-4-2-14-8-16/h2,4,6-8,15H,3,5H2,1H3. The molecule has 1 N–H and O–H groups in total. The lowest BCUT2D eigenvalue weighted by atomic mass is 10.2. The van der Waals surface area contributed by atoms with E-state index in [0.717, 1.165) is 0 Å². The van der Waals surface area contributed by atoms with E-state index < -0.39 is 25.7 Å². The first-order chi connectivity index (χ1) is 10.3. The summed E-state index contributed by atoms with van der Waals surface area (Å²) in [5, 5.41) is 10.5. The minimum absolute atomic E-state index is 0.108. The first kappa shape index (κ1) is 16.4. The van der Waals surface area contributed by atoms with Crippen molar-refractivity contribution in [3.8, 4) is 0 Å². The molecule has 2 aromatic rings. The van der Waals surface area contributed by atoms with E-state index in [-0.39, 0.29) is 11.4 Å². The van der Waals surface area contributed by atoms with Gasteiger partial charge in [-0.15, -0.1) is 0 Å². The molecule has 1 aromatic heterocycles. The van der Waals surface area contributed by atoms with Crippen LogP contribution in [0.5, 0.6) is 0 Å². The number of aryl methyl sites for hydroxylation is 1. The van der Waals surface area contributed by atoms with Crippen LogP contribution in [0, 0.1) is 17.0 Å². The number of imidazole rings is 1. The van der Waals surface area contributed by atoms with Crippen molar-refractivity contribution < 1.29 is 13.3 Å². The summed E-state index contributed by atoms with van der Waals surface area (Å²) < 4.78 is 28.6. The molecule has 0 atom stereocenters. The van der Waals surface area contributed by atoms with Gasteiger partial charge >= 0.3 is 0 Å². The van der Waals surface area contributed by atoms with Gasteiger partial charge in [0, 0.05) is 31.5 Å². The van der Waals surface area contributed by atoms with Gasteiger partial charge in [0.25, 0.3) is 5.69 Å². The molecular formula is C12H13ClN4O4S. The van der Waals surface area contributed by atoms with E-state index >= 15 is 0 Å². The number of nitro benzene ring substituents is 1. The Morgan fingerprint density at radius 2 is 2.18 bits per heavy atom. The van der Waals surface area contributed by atoms with Gasteiger partial charge in [0.05, 0.1) is 11.3 Å². The molecule has 8 nitrogen and oxygen atoms in total. The predicted octanol–water partition coefficient (Wildman–Crippen LogP) is 1.73. The zero-order chi connectivity index (χ0) is 16.3. The number of nitro groups is 1. The lowest BCUT2D eigenvalue weighted by molar-refractivity contribution is -0.385. The van der Waals surface area contributed by atoms with Crippen molar-refractivity contribution in [3.05, 3.63) is 51.6 Å². The molecular weight excluding hydrogens is 332 g/mol. The third-order valence-corrected chi connectivity index (χ3v) is 4.87. The van der Waals surface area contributed by atoms with Gasteiger partial charge in [-0.3, -0.25) is 10.1 Å². The molecule has 10 heteroatoms. The van der Waals surface area contributed by atoms with Crippen molar-refractivity contribution >= 4 is 27.3 Å². The first-order valence-corrected chi connectivity index (χ1v) is 8.07. The van der Waals surface area contributed by atoms with E-state index in [1.807, 2.05) is 0 Å². The molecule has 22 heavy (non-hydrogen) atoms. The average molecular weight is 345 g/mol. The number of hydrogen-bond donors (Lipinski definition) is 1. The van der Waals surface area contributed by atoms with Crippen molar-refractivity contribution in [1.29, 1.82) is 0 Å². The highest BCUT2D eigenvalue weighted by Crippen LogP contribution is 2.32. The molecule has 0 aliphatic heterocycles. The molecule has 0 unspecified atom stereocenters. The normalized spacial score (nSPS) is 11.5. The quantitative estimate of drug-likeness (QED) is 0.634. The molecule has 0 saturated carbocycles. The van der Waals surface area contributed by atoms with Crippen LogP contribution in [0.15, 0.2) is 35.7 Å². The molecule has 118 valence electrons. The molecule has 0 spiro atoms.